The van der Waals surface area contributed by atoms with Crippen LogP contribution in [0.1, 0.15) is 18.4 Å². The van der Waals surface area contributed by atoms with Gasteiger partial charge in [-0.15, -0.1) is 11.8 Å². The smallest absolute Gasteiger partial charge is 0.244 e. The number of methoxy groups -OCH3 is 1. The first-order chi connectivity index (χ1) is 16.9. The number of nitrogens with two attached hydrogens (primary N) is 1. The summed E-state index contributed by atoms with van der Waals surface area (Å²) in [5, 5.41) is 5.92. The van der Waals surface area contributed by atoms with Gasteiger partial charge in [0.2, 0.25) is 17.7 Å². The van der Waals surface area contributed by atoms with Crippen molar-refractivity contribution >= 4 is 46.0 Å². The molecule has 0 spiro atoms. The molecule has 35 heavy (non-hydrogen) atoms. The highest BCUT2D eigenvalue weighted by Gasteiger charge is 2.37. The maximum absolute atomic E-state index is 13.2. The highest BCUT2D eigenvalue weighted by molar-refractivity contribution is 8.00. The molecule has 5 rings (SSSR count). The molecule has 4 heterocycles. The quantitative estimate of drug-likeness (QED) is 0.480. The number of aromatic nitrogens is 2. The van der Waals surface area contributed by atoms with E-state index in [1.54, 1.807) is 37.2 Å². The Balaban J connectivity index is 1.18. The number of likely N-dealkylation sites (tertiary alicyclic amines) is 1. The summed E-state index contributed by atoms with van der Waals surface area (Å²) in [4.78, 5) is 37.0. The molecule has 182 valence electrons. The predicted octanol–water partition coefficient (Wildman–Crippen LogP) is 2.66. The number of anilines is 2. The lowest BCUT2D eigenvalue weighted by molar-refractivity contribution is -0.122. The Bertz CT molecular complexity index is 1280. The van der Waals surface area contributed by atoms with Gasteiger partial charge < -0.3 is 26.0 Å². The molecule has 2 aromatic heterocycles. The average Bonchev–Trinajstić information content (AvgIpc) is 2.88. The summed E-state index contributed by atoms with van der Waals surface area (Å²) in [6.45, 7) is 2.35. The number of thioether (sulfide) groups is 1. The SMILES string of the molecule is COc1ccc2nccc(NC(=O)C3(N)CCN(CCc4ccc5c(c4)NC(=O)CS5)CC3)c2n1. The van der Waals surface area contributed by atoms with E-state index in [1.807, 2.05) is 6.07 Å². The van der Waals surface area contributed by atoms with E-state index < -0.39 is 5.54 Å². The zero-order valence-electron chi connectivity index (χ0n) is 19.5. The lowest BCUT2D eigenvalue weighted by Gasteiger charge is -2.38. The molecule has 2 aliphatic rings. The third-order valence-electron chi connectivity index (χ3n) is 6.61. The van der Waals surface area contributed by atoms with E-state index in [0.29, 0.717) is 41.2 Å². The van der Waals surface area contributed by atoms with Gasteiger partial charge in [0.1, 0.15) is 5.52 Å². The highest BCUT2D eigenvalue weighted by Crippen LogP contribution is 2.32. The minimum absolute atomic E-state index is 0.0444. The van der Waals surface area contributed by atoms with Crippen molar-refractivity contribution in [3.63, 3.8) is 0 Å². The molecule has 1 fully saturated rings. The molecule has 0 radical (unpaired) electrons. The molecule has 0 bridgehead atoms. The molecule has 2 aliphatic heterocycles. The summed E-state index contributed by atoms with van der Waals surface area (Å²) in [7, 11) is 1.55. The fourth-order valence-electron chi connectivity index (χ4n) is 4.44. The second-order valence-corrected chi connectivity index (χ2v) is 9.97. The van der Waals surface area contributed by atoms with Gasteiger partial charge in [-0.2, -0.15) is 0 Å². The van der Waals surface area contributed by atoms with Crippen LogP contribution in [0.5, 0.6) is 5.88 Å². The number of rotatable bonds is 6. The minimum atomic E-state index is -0.946. The number of fused-ring (bicyclic) bond motifs is 2. The minimum Gasteiger partial charge on any atom is -0.481 e. The van der Waals surface area contributed by atoms with E-state index in [0.717, 1.165) is 36.6 Å². The Morgan fingerprint density at radius 3 is 2.89 bits per heavy atom. The predicted molar refractivity (Wildman–Crippen MR) is 137 cm³/mol. The standard InChI is InChI=1S/C25H28N6O3S/c1-34-22-5-3-17-23(30-22)18(6-10-27-17)29-24(33)25(26)8-12-31(13-9-25)11-7-16-2-4-20-19(14-16)28-21(32)15-35-20/h2-6,10,14H,7-9,11-13,15,26H2,1H3,(H,28,32)(H,27,29,33). The first kappa shape index (κ1) is 23.5. The second kappa shape index (κ2) is 9.80. The summed E-state index contributed by atoms with van der Waals surface area (Å²) >= 11 is 1.57. The number of piperidine rings is 1. The number of hydrogen-bond acceptors (Lipinski definition) is 8. The topological polar surface area (TPSA) is 122 Å². The molecule has 4 N–H and O–H groups in total. The van der Waals surface area contributed by atoms with Crippen molar-refractivity contribution in [3.8, 4) is 5.88 Å². The monoisotopic (exact) mass is 492 g/mol. The Kier molecular flexibility index (Phi) is 6.59. The Morgan fingerprint density at radius 1 is 1.26 bits per heavy atom. The van der Waals surface area contributed by atoms with Crippen LogP contribution in [0.25, 0.3) is 11.0 Å². The van der Waals surface area contributed by atoms with Crippen molar-refractivity contribution < 1.29 is 14.3 Å². The third-order valence-corrected chi connectivity index (χ3v) is 7.68. The molecule has 1 aromatic carbocycles. The number of nitrogens with zero attached hydrogens (tertiary/aromatic N) is 3. The van der Waals surface area contributed by atoms with Gasteiger partial charge in [0.15, 0.2) is 0 Å². The van der Waals surface area contributed by atoms with Crippen LogP contribution in [-0.4, -0.2) is 64.7 Å². The molecule has 0 aliphatic carbocycles. The Hall–Kier alpha value is -3.21. The molecule has 10 heteroatoms. The summed E-state index contributed by atoms with van der Waals surface area (Å²) in [5.41, 5.74) is 9.52. The van der Waals surface area contributed by atoms with Crippen LogP contribution in [0.4, 0.5) is 11.4 Å². The number of nitrogens with one attached hydrogen (secondary N) is 2. The van der Waals surface area contributed by atoms with E-state index in [2.05, 4.69) is 43.7 Å². The largest absolute Gasteiger partial charge is 0.481 e. The average molecular weight is 493 g/mol. The second-order valence-electron chi connectivity index (χ2n) is 8.95. The lowest BCUT2D eigenvalue weighted by Crippen LogP contribution is -2.57. The number of ether oxygens (including phenoxy) is 1. The number of carbonyl (C=O) groups is 2. The molecule has 0 atom stereocenters. The van der Waals surface area contributed by atoms with E-state index in [9.17, 15) is 9.59 Å². The van der Waals surface area contributed by atoms with E-state index in [-0.39, 0.29) is 11.8 Å². The number of pyridine rings is 2. The molecule has 3 aromatic rings. The van der Waals surface area contributed by atoms with Crippen LogP contribution in [0, 0.1) is 0 Å². The number of hydrogen-bond donors (Lipinski definition) is 3. The Morgan fingerprint density at radius 2 is 2.09 bits per heavy atom. The van der Waals surface area contributed by atoms with Gasteiger partial charge in [0, 0.05) is 36.8 Å². The third kappa shape index (κ3) is 5.09. The summed E-state index contributed by atoms with van der Waals surface area (Å²) in [6, 6.07) is 11.5. The molecule has 1 saturated heterocycles. The van der Waals surface area contributed by atoms with Gasteiger partial charge in [0.25, 0.3) is 0 Å². The van der Waals surface area contributed by atoms with Crippen molar-refractivity contribution in [2.24, 2.45) is 5.73 Å². The Labute approximate surface area is 207 Å². The number of amides is 2. The zero-order valence-corrected chi connectivity index (χ0v) is 20.4. The van der Waals surface area contributed by atoms with Gasteiger partial charge in [0.05, 0.1) is 35.3 Å². The van der Waals surface area contributed by atoms with Gasteiger partial charge in [-0.25, -0.2) is 4.98 Å². The van der Waals surface area contributed by atoms with Crippen molar-refractivity contribution in [1.29, 1.82) is 0 Å². The van der Waals surface area contributed by atoms with Crippen LogP contribution in [0.3, 0.4) is 0 Å². The zero-order chi connectivity index (χ0) is 24.4. The van der Waals surface area contributed by atoms with Gasteiger partial charge in [-0.3, -0.25) is 14.6 Å². The summed E-state index contributed by atoms with van der Waals surface area (Å²) < 4.78 is 5.22. The fraction of sp³-hybridized carbons (Fsp3) is 0.360. The maximum Gasteiger partial charge on any atom is 0.244 e. The van der Waals surface area contributed by atoms with Gasteiger partial charge in [-0.05, 0) is 49.1 Å². The van der Waals surface area contributed by atoms with Crippen LogP contribution in [0.2, 0.25) is 0 Å². The lowest BCUT2D eigenvalue weighted by atomic mass is 9.87. The molecule has 2 amide bonds. The normalized spacial score (nSPS) is 17.5. The number of benzene rings is 1. The van der Waals surface area contributed by atoms with Crippen molar-refractivity contribution in [2.75, 3.05) is 43.1 Å². The molecular formula is C25H28N6O3S. The highest BCUT2D eigenvalue weighted by atomic mass is 32.2. The van der Waals surface area contributed by atoms with E-state index >= 15 is 0 Å². The van der Waals surface area contributed by atoms with E-state index in [1.165, 1.54) is 5.56 Å². The van der Waals surface area contributed by atoms with Crippen LogP contribution in [0.15, 0.2) is 47.5 Å². The maximum atomic E-state index is 13.2. The van der Waals surface area contributed by atoms with Crippen molar-refractivity contribution in [3.05, 3.63) is 48.2 Å². The van der Waals surface area contributed by atoms with Gasteiger partial charge >= 0.3 is 0 Å². The van der Waals surface area contributed by atoms with Crippen LogP contribution >= 0.6 is 11.8 Å². The first-order valence-corrected chi connectivity index (χ1v) is 12.6. The summed E-state index contributed by atoms with van der Waals surface area (Å²) in [5.74, 6) is 0.758. The first-order valence-electron chi connectivity index (χ1n) is 11.6. The van der Waals surface area contributed by atoms with Crippen LogP contribution < -0.4 is 21.1 Å². The molecule has 0 saturated carbocycles. The fourth-order valence-corrected chi connectivity index (χ4v) is 5.23. The van der Waals surface area contributed by atoms with Gasteiger partial charge in [-0.1, -0.05) is 6.07 Å². The molecule has 0 unspecified atom stereocenters. The molecular weight excluding hydrogens is 464 g/mol. The molecule has 9 nitrogen and oxygen atoms in total. The van der Waals surface area contributed by atoms with Crippen LogP contribution in [-0.2, 0) is 16.0 Å². The van der Waals surface area contributed by atoms with Crippen molar-refractivity contribution in [1.82, 2.24) is 14.9 Å². The van der Waals surface area contributed by atoms with Crippen molar-refractivity contribution in [2.45, 2.75) is 29.7 Å². The van der Waals surface area contributed by atoms with E-state index in [4.69, 9.17) is 10.5 Å². The summed E-state index contributed by atoms with van der Waals surface area (Å²) in [6.07, 6.45) is 3.64. The number of carbonyl (C=O) groups excluding carboxylic acids is 2.